The number of ether oxygens (including phenoxy) is 3. The van der Waals surface area contributed by atoms with Gasteiger partial charge in [-0.15, -0.1) is 0 Å². The van der Waals surface area contributed by atoms with Crippen LogP contribution in [0.4, 0.5) is 0 Å². The Balaban J connectivity index is 3.33. The predicted octanol–water partition coefficient (Wildman–Crippen LogP) is 1.73. The van der Waals surface area contributed by atoms with Crippen molar-refractivity contribution in [2.45, 2.75) is 19.9 Å². The second-order valence-corrected chi connectivity index (χ2v) is 5.07. The quantitative estimate of drug-likeness (QED) is 0.822. The van der Waals surface area contributed by atoms with Crippen molar-refractivity contribution in [1.29, 1.82) is 0 Å². The number of aliphatic hydroxyl groups is 1. The summed E-state index contributed by atoms with van der Waals surface area (Å²) >= 11 is 0. The minimum absolute atomic E-state index is 0.0222. The molecule has 5 nitrogen and oxygen atoms in total. The number of hydrogen-bond donors (Lipinski definition) is 2. The Morgan fingerprint density at radius 3 is 1.95 bits per heavy atom. The zero-order chi connectivity index (χ0) is 14.6. The molecule has 0 saturated heterocycles. The van der Waals surface area contributed by atoms with E-state index in [9.17, 15) is 5.11 Å². The van der Waals surface area contributed by atoms with E-state index in [1.54, 1.807) is 33.5 Å². The van der Waals surface area contributed by atoms with Crippen LogP contribution >= 0.6 is 0 Å². The first kappa shape index (κ1) is 15.6. The monoisotopic (exact) mass is 269 g/mol. The molecule has 0 bridgehead atoms. The summed E-state index contributed by atoms with van der Waals surface area (Å²) in [6, 6.07) is 3.15. The number of benzene rings is 1. The number of nitrogens with two attached hydrogens (primary N) is 1. The SMILES string of the molecule is COc1cc(OC)c([C@H](N)C(C)(C)CO)cc1OC. The fourth-order valence-corrected chi connectivity index (χ4v) is 1.82. The van der Waals surface area contributed by atoms with Gasteiger partial charge < -0.3 is 25.1 Å². The first-order valence-electron chi connectivity index (χ1n) is 6.07. The molecule has 19 heavy (non-hydrogen) atoms. The van der Waals surface area contributed by atoms with Crippen molar-refractivity contribution in [2.75, 3.05) is 27.9 Å². The van der Waals surface area contributed by atoms with E-state index in [1.807, 2.05) is 13.8 Å². The highest BCUT2D eigenvalue weighted by Gasteiger charge is 2.30. The highest BCUT2D eigenvalue weighted by atomic mass is 16.5. The highest BCUT2D eigenvalue weighted by Crippen LogP contribution is 2.41. The fourth-order valence-electron chi connectivity index (χ4n) is 1.82. The van der Waals surface area contributed by atoms with E-state index in [0.717, 1.165) is 5.56 Å². The van der Waals surface area contributed by atoms with Crippen molar-refractivity contribution in [1.82, 2.24) is 0 Å². The van der Waals surface area contributed by atoms with E-state index in [1.165, 1.54) is 0 Å². The van der Waals surface area contributed by atoms with Crippen LogP contribution in [-0.4, -0.2) is 33.0 Å². The minimum Gasteiger partial charge on any atom is -0.496 e. The van der Waals surface area contributed by atoms with E-state index >= 15 is 0 Å². The topological polar surface area (TPSA) is 73.9 Å². The van der Waals surface area contributed by atoms with Gasteiger partial charge in [-0.25, -0.2) is 0 Å². The van der Waals surface area contributed by atoms with Gasteiger partial charge in [0.15, 0.2) is 11.5 Å². The molecule has 0 amide bonds. The van der Waals surface area contributed by atoms with E-state index in [0.29, 0.717) is 17.2 Å². The van der Waals surface area contributed by atoms with Crippen LogP contribution in [0.2, 0.25) is 0 Å². The summed E-state index contributed by atoms with van der Waals surface area (Å²) in [6.45, 7) is 3.77. The van der Waals surface area contributed by atoms with Gasteiger partial charge in [0.25, 0.3) is 0 Å². The Hall–Kier alpha value is -1.46. The summed E-state index contributed by atoms with van der Waals surface area (Å²) in [7, 11) is 4.70. The molecule has 0 radical (unpaired) electrons. The standard InChI is InChI=1S/C14H23NO4/c1-14(2,8-16)13(15)9-6-11(18-4)12(19-5)7-10(9)17-3/h6-7,13,16H,8,15H2,1-5H3/t13-/m0/s1. The molecule has 3 N–H and O–H groups in total. The molecule has 1 aromatic rings. The molecule has 0 heterocycles. The summed E-state index contributed by atoms with van der Waals surface area (Å²) in [5, 5.41) is 9.44. The molecular weight excluding hydrogens is 246 g/mol. The van der Waals surface area contributed by atoms with Crippen molar-refractivity contribution in [3.63, 3.8) is 0 Å². The molecule has 1 atom stereocenters. The van der Waals surface area contributed by atoms with Gasteiger partial charge in [0, 0.05) is 29.7 Å². The zero-order valence-corrected chi connectivity index (χ0v) is 12.2. The van der Waals surface area contributed by atoms with Gasteiger partial charge in [-0.05, 0) is 6.07 Å². The third-order valence-corrected chi connectivity index (χ3v) is 3.32. The van der Waals surface area contributed by atoms with Gasteiger partial charge in [-0.1, -0.05) is 13.8 Å². The first-order valence-corrected chi connectivity index (χ1v) is 6.07. The van der Waals surface area contributed by atoms with Crippen molar-refractivity contribution in [2.24, 2.45) is 11.1 Å². The molecule has 0 fully saturated rings. The van der Waals surface area contributed by atoms with Crippen molar-refractivity contribution < 1.29 is 19.3 Å². The minimum atomic E-state index is -0.465. The predicted molar refractivity (Wildman–Crippen MR) is 73.9 cm³/mol. The van der Waals surface area contributed by atoms with Crippen LogP contribution in [-0.2, 0) is 0 Å². The maximum atomic E-state index is 9.44. The van der Waals surface area contributed by atoms with Crippen LogP contribution in [0.15, 0.2) is 12.1 Å². The Morgan fingerprint density at radius 2 is 1.53 bits per heavy atom. The fraction of sp³-hybridized carbons (Fsp3) is 0.571. The molecule has 0 saturated carbocycles. The lowest BCUT2D eigenvalue weighted by Crippen LogP contribution is -2.32. The summed E-state index contributed by atoms with van der Waals surface area (Å²) in [6.07, 6.45) is 0. The molecule has 0 aliphatic carbocycles. The van der Waals surface area contributed by atoms with Gasteiger partial charge in [0.05, 0.1) is 21.3 Å². The molecule has 0 aliphatic rings. The van der Waals surface area contributed by atoms with Gasteiger partial charge in [-0.2, -0.15) is 0 Å². The van der Waals surface area contributed by atoms with Gasteiger partial charge in [0.2, 0.25) is 0 Å². The molecule has 0 spiro atoms. The summed E-state index contributed by atoms with van der Waals surface area (Å²) in [5.74, 6) is 1.78. The number of hydrogen-bond acceptors (Lipinski definition) is 5. The molecule has 5 heteroatoms. The molecule has 0 unspecified atom stereocenters. The Morgan fingerprint density at radius 1 is 1.05 bits per heavy atom. The van der Waals surface area contributed by atoms with Crippen LogP contribution in [0.1, 0.15) is 25.5 Å². The average molecular weight is 269 g/mol. The molecule has 0 aliphatic heterocycles. The normalized spacial score (nSPS) is 13.0. The number of methoxy groups -OCH3 is 3. The van der Waals surface area contributed by atoms with Crippen LogP contribution in [0, 0.1) is 5.41 Å². The van der Waals surface area contributed by atoms with Gasteiger partial charge in [-0.3, -0.25) is 0 Å². The van der Waals surface area contributed by atoms with Crippen LogP contribution in [0.5, 0.6) is 17.2 Å². The summed E-state index contributed by atoms with van der Waals surface area (Å²) in [4.78, 5) is 0. The van der Waals surface area contributed by atoms with Crippen LogP contribution in [0.25, 0.3) is 0 Å². The first-order chi connectivity index (χ1) is 8.91. The van der Waals surface area contributed by atoms with Gasteiger partial charge >= 0.3 is 0 Å². The number of rotatable bonds is 6. The zero-order valence-electron chi connectivity index (χ0n) is 12.2. The Bertz CT molecular complexity index is 432. The summed E-state index contributed by atoms with van der Waals surface area (Å²) in [5.41, 5.74) is 6.55. The number of aliphatic hydroxyl groups excluding tert-OH is 1. The van der Waals surface area contributed by atoms with Crippen molar-refractivity contribution in [3.05, 3.63) is 17.7 Å². The third kappa shape index (κ3) is 3.11. The van der Waals surface area contributed by atoms with E-state index in [2.05, 4.69) is 0 Å². The Kier molecular flexibility index (Phi) is 5.03. The maximum absolute atomic E-state index is 9.44. The average Bonchev–Trinajstić information content (AvgIpc) is 2.44. The third-order valence-electron chi connectivity index (χ3n) is 3.32. The second-order valence-electron chi connectivity index (χ2n) is 5.07. The van der Waals surface area contributed by atoms with E-state index in [-0.39, 0.29) is 12.6 Å². The van der Waals surface area contributed by atoms with Crippen LogP contribution in [0.3, 0.4) is 0 Å². The van der Waals surface area contributed by atoms with E-state index < -0.39 is 5.41 Å². The van der Waals surface area contributed by atoms with Crippen LogP contribution < -0.4 is 19.9 Å². The molecule has 108 valence electrons. The Labute approximate surface area is 114 Å². The lowest BCUT2D eigenvalue weighted by molar-refractivity contribution is 0.131. The molecular formula is C14H23NO4. The molecule has 1 rings (SSSR count). The second kappa shape index (κ2) is 6.12. The van der Waals surface area contributed by atoms with Gasteiger partial charge in [0.1, 0.15) is 5.75 Å². The smallest absolute Gasteiger partial charge is 0.164 e. The van der Waals surface area contributed by atoms with Crippen molar-refractivity contribution >= 4 is 0 Å². The molecule has 0 aromatic heterocycles. The largest absolute Gasteiger partial charge is 0.496 e. The maximum Gasteiger partial charge on any atom is 0.164 e. The lowest BCUT2D eigenvalue weighted by atomic mass is 9.81. The van der Waals surface area contributed by atoms with E-state index in [4.69, 9.17) is 19.9 Å². The summed E-state index contributed by atoms with van der Waals surface area (Å²) < 4.78 is 15.9. The molecule has 1 aromatic carbocycles. The lowest BCUT2D eigenvalue weighted by Gasteiger charge is -2.31. The van der Waals surface area contributed by atoms with Crippen molar-refractivity contribution in [3.8, 4) is 17.2 Å². The highest BCUT2D eigenvalue weighted by molar-refractivity contribution is 5.52.